The molecule has 6 heteroatoms. The van der Waals surface area contributed by atoms with Crippen LogP contribution in [0.4, 0.5) is 4.79 Å². The number of carbonyl (C=O) groups excluding carboxylic acids is 1. The quantitative estimate of drug-likeness (QED) is 0.791. The topological polar surface area (TPSA) is 93.4 Å². The Kier molecular flexibility index (Phi) is 5.63. The molecule has 0 aliphatic rings. The third-order valence-corrected chi connectivity index (χ3v) is 2.50. The van der Waals surface area contributed by atoms with E-state index in [1.54, 1.807) is 27.7 Å². The first-order chi connectivity index (χ1) is 8.09. The first kappa shape index (κ1) is 16.2. The summed E-state index contributed by atoms with van der Waals surface area (Å²) in [5.74, 6) is -1.36. The maximum Gasteiger partial charge on any atom is 0.326 e. The summed E-state index contributed by atoms with van der Waals surface area (Å²) in [7, 11) is 1.53. The van der Waals surface area contributed by atoms with Gasteiger partial charge in [-0.1, -0.05) is 20.8 Å². The van der Waals surface area contributed by atoms with Crippen LogP contribution in [-0.4, -0.2) is 41.6 Å². The fraction of sp³-hybridized carbons (Fsp3) is 0.750. The number of aliphatic carboxylic acids is 1. The summed E-state index contributed by atoms with van der Waals surface area (Å²) >= 11 is 0. The highest BCUT2D eigenvalue weighted by Crippen LogP contribution is 2.19. The Morgan fingerprint density at radius 1 is 1.44 bits per heavy atom. The number of carbonyl (C=O) groups is 2. The van der Waals surface area contributed by atoms with Crippen LogP contribution in [0.1, 0.15) is 27.7 Å². The molecule has 0 aromatic carbocycles. The van der Waals surface area contributed by atoms with Crippen molar-refractivity contribution in [3.05, 3.63) is 0 Å². The van der Waals surface area contributed by atoms with Gasteiger partial charge < -0.3 is 15.3 Å². The molecule has 0 saturated heterocycles. The standard InChI is InChI=1S/C12H21N3O3/c1-8(6-13)7-15(5)11(18)14-9(10(16)17)12(2,3)4/h8-9H,7H2,1-5H3,(H,14,18)(H,16,17). The van der Waals surface area contributed by atoms with E-state index >= 15 is 0 Å². The summed E-state index contributed by atoms with van der Waals surface area (Å²) in [6.07, 6.45) is 0. The Morgan fingerprint density at radius 3 is 2.28 bits per heavy atom. The van der Waals surface area contributed by atoms with Crippen molar-refractivity contribution >= 4 is 12.0 Å². The van der Waals surface area contributed by atoms with Crippen molar-refractivity contribution in [2.45, 2.75) is 33.7 Å². The number of nitrogens with zero attached hydrogens (tertiary/aromatic N) is 2. The van der Waals surface area contributed by atoms with E-state index in [1.165, 1.54) is 11.9 Å². The first-order valence-electron chi connectivity index (χ1n) is 5.73. The number of carboxylic acids is 1. The van der Waals surface area contributed by atoms with Gasteiger partial charge in [0.05, 0.1) is 12.0 Å². The summed E-state index contributed by atoms with van der Waals surface area (Å²) in [6, 6.07) is 0.565. The molecule has 0 radical (unpaired) electrons. The van der Waals surface area contributed by atoms with Crippen LogP contribution in [0.2, 0.25) is 0 Å². The summed E-state index contributed by atoms with van der Waals surface area (Å²) < 4.78 is 0. The minimum absolute atomic E-state index is 0.263. The Balaban J connectivity index is 4.63. The lowest BCUT2D eigenvalue weighted by molar-refractivity contribution is -0.142. The predicted molar refractivity (Wildman–Crippen MR) is 66.8 cm³/mol. The smallest absolute Gasteiger partial charge is 0.326 e. The molecule has 0 bridgehead atoms. The average Bonchev–Trinajstić information content (AvgIpc) is 2.22. The summed E-state index contributed by atoms with van der Waals surface area (Å²) in [4.78, 5) is 24.2. The van der Waals surface area contributed by atoms with Gasteiger partial charge in [-0.25, -0.2) is 9.59 Å². The molecule has 0 rings (SSSR count). The average molecular weight is 255 g/mol. The van der Waals surface area contributed by atoms with E-state index in [-0.39, 0.29) is 12.5 Å². The van der Waals surface area contributed by atoms with E-state index in [0.717, 1.165) is 0 Å². The van der Waals surface area contributed by atoms with Gasteiger partial charge in [-0.15, -0.1) is 0 Å². The van der Waals surface area contributed by atoms with Crippen molar-refractivity contribution in [2.75, 3.05) is 13.6 Å². The lowest BCUT2D eigenvalue weighted by atomic mass is 9.87. The largest absolute Gasteiger partial charge is 0.480 e. The molecular formula is C12H21N3O3. The molecular weight excluding hydrogens is 234 g/mol. The van der Waals surface area contributed by atoms with Gasteiger partial charge in [0, 0.05) is 13.6 Å². The van der Waals surface area contributed by atoms with Crippen molar-refractivity contribution in [3.63, 3.8) is 0 Å². The molecule has 0 aliphatic heterocycles. The molecule has 0 aromatic heterocycles. The fourth-order valence-electron chi connectivity index (χ4n) is 1.42. The minimum Gasteiger partial charge on any atom is -0.480 e. The van der Waals surface area contributed by atoms with Gasteiger partial charge in [0.1, 0.15) is 6.04 Å². The Hall–Kier alpha value is -1.77. The molecule has 6 nitrogen and oxygen atoms in total. The second kappa shape index (κ2) is 6.24. The third-order valence-electron chi connectivity index (χ3n) is 2.50. The number of rotatable bonds is 4. The van der Waals surface area contributed by atoms with Crippen LogP contribution in [0.15, 0.2) is 0 Å². The van der Waals surface area contributed by atoms with Gasteiger partial charge >= 0.3 is 12.0 Å². The number of carboxylic acid groups (broad SMARTS) is 1. The highest BCUT2D eigenvalue weighted by Gasteiger charge is 2.33. The normalized spacial score (nSPS) is 14.2. The fourth-order valence-corrected chi connectivity index (χ4v) is 1.42. The molecule has 0 fully saturated rings. The molecule has 0 spiro atoms. The maximum absolute atomic E-state index is 11.8. The number of urea groups is 1. The number of hydrogen-bond acceptors (Lipinski definition) is 3. The van der Waals surface area contributed by atoms with Gasteiger partial charge in [-0.2, -0.15) is 5.26 Å². The van der Waals surface area contributed by atoms with Crippen LogP contribution >= 0.6 is 0 Å². The lowest BCUT2D eigenvalue weighted by Gasteiger charge is -2.30. The first-order valence-corrected chi connectivity index (χ1v) is 5.73. The van der Waals surface area contributed by atoms with Gasteiger partial charge in [0.15, 0.2) is 0 Å². The zero-order chi connectivity index (χ0) is 14.5. The van der Waals surface area contributed by atoms with E-state index in [4.69, 9.17) is 10.4 Å². The van der Waals surface area contributed by atoms with Crippen molar-refractivity contribution in [1.29, 1.82) is 5.26 Å². The van der Waals surface area contributed by atoms with E-state index in [9.17, 15) is 9.59 Å². The number of nitrogens with one attached hydrogen (secondary N) is 1. The molecule has 2 atom stereocenters. The van der Waals surface area contributed by atoms with E-state index in [2.05, 4.69) is 5.32 Å². The van der Waals surface area contributed by atoms with Crippen molar-refractivity contribution in [2.24, 2.45) is 11.3 Å². The molecule has 0 saturated carbocycles. The number of nitriles is 1. The Bertz CT molecular complexity index is 355. The molecule has 0 heterocycles. The maximum atomic E-state index is 11.8. The van der Waals surface area contributed by atoms with Gasteiger partial charge in [0.2, 0.25) is 0 Å². The van der Waals surface area contributed by atoms with Gasteiger partial charge in [0.25, 0.3) is 0 Å². The lowest BCUT2D eigenvalue weighted by Crippen LogP contribution is -2.53. The third kappa shape index (κ3) is 5.04. The molecule has 0 aliphatic carbocycles. The van der Waals surface area contributed by atoms with Crippen LogP contribution in [0.25, 0.3) is 0 Å². The number of amides is 2. The van der Waals surface area contributed by atoms with Crippen molar-refractivity contribution in [1.82, 2.24) is 10.2 Å². The Morgan fingerprint density at radius 2 is 1.94 bits per heavy atom. The van der Waals surface area contributed by atoms with Crippen molar-refractivity contribution in [3.8, 4) is 6.07 Å². The van der Waals surface area contributed by atoms with Crippen LogP contribution in [-0.2, 0) is 4.79 Å². The zero-order valence-corrected chi connectivity index (χ0v) is 11.5. The Labute approximate surface area is 108 Å². The number of hydrogen-bond donors (Lipinski definition) is 2. The second-order valence-corrected chi connectivity index (χ2v) is 5.50. The summed E-state index contributed by atoms with van der Waals surface area (Å²) in [5, 5.41) is 20.2. The van der Waals surface area contributed by atoms with Crippen LogP contribution in [0.5, 0.6) is 0 Å². The summed E-state index contributed by atoms with van der Waals surface area (Å²) in [6.45, 7) is 7.18. The van der Waals surface area contributed by atoms with Crippen molar-refractivity contribution < 1.29 is 14.7 Å². The van der Waals surface area contributed by atoms with Gasteiger partial charge in [-0.05, 0) is 12.3 Å². The highest BCUT2D eigenvalue weighted by molar-refractivity contribution is 5.83. The van der Waals surface area contributed by atoms with E-state index in [1.807, 2.05) is 6.07 Å². The molecule has 102 valence electrons. The van der Waals surface area contributed by atoms with Crippen LogP contribution in [0.3, 0.4) is 0 Å². The SMILES string of the molecule is CC(C#N)CN(C)C(=O)NC(C(=O)O)C(C)(C)C. The van der Waals surface area contributed by atoms with E-state index < -0.39 is 23.5 Å². The van der Waals surface area contributed by atoms with E-state index in [0.29, 0.717) is 0 Å². The molecule has 2 N–H and O–H groups in total. The highest BCUT2D eigenvalue weighted by atomic mass is 16.4. The minimum atomic E-state index is -1.07. The summed E-state index contributed by atoms with van der Waals surface area (Å²) in [5.41, 5.74) is -0.580. The van der Waals surface area contributed by atoms with Crippen LogP contribution in [0, 0.1) is 22.7 Å². The second-order valence-electron chi connectivity index (χ2n) is 5.50. The monoisotopic (exact) mass is 255 g/mol. The predicted octanol–water partition coefficient (Wildman–Crippen LogP) is 1.29. The molecule has 2 unspecified atom stereocenters. The zero-order valence-electron chi connectivity index (χ0n) is 11.5. The molecule has 2 amide bonds. The molecule has 0 aromatic rings. The van der Waals surface area contributed by atoms with Gasteiger partial charge in [-0.3, -0.25) is 0 Å². The van der Waals surface area contributed by atoms with Crippen LogP contribution < -0.4 is 5.32 Å². The molecule has 18 heavy (non-hydrogen) atoms.